The first-order valence-corrected chi connectivity index (χ1v) is 10.3. The summed E-state index contributed by atoms with van der Waals surface area (Å²) in [5.41, 5.74) is 0.0185. The Morgan fingerprint density at radius 1 is 1.16 bits per heavy atom. The minimum Gasteiger partial charge on any atom is -0.491 e. The maximum absolute atomic E-state index is 12.8. The molecule has 32 heavy (non-hydrogen) atoms. The minimum absolute atomic E-state index is 0.0290. The van der Waals surface area contributed by atoms with Crippen LogP contribution in [0.1, 0.15) is 24.0 Å². The van der Waals surface area contributed by atoms with Crippen molar-refractivity contribution < 1.29 is 32.6 Å². The molecular formula is C23H25F3N2O4. The second-order valence-corrected chi connectivity index (χ2v) is 7.64. The van der Waals surface area contributed by atoms with E-state index in [1.165, 1.54) is 12.1 Å². The van der Waals surface area contributed by atoms with Crippen LogP contribution in [-0.2, 0) is 22.2 Å². The number of hydrogen-bond donors (Lipinski definition) is 2. The van der Waals surface area contributed by atoms with Crippen LogP contribution in [0.2, 0.25) is 0 Å². The lowest BCUT2D eigenvalue weighted by Gasteiger charge is -2.24. The summed E-state index contributed by atoms with van der Waals surface area (Å²) in [5, 5.41) is 12.7. The molecule has 0 bridgehead atoms. The van der Waals surface area contributed by atoms with Crippen LogP contribution >= 0.6 is 0 Å². The fraction of sp³-hybridized carbons (Fsp3) is 0.391. The van der Waals surface area contributed by atoms with Crippen molar-refractivity contribution >= 4 is 11.8 Å². The van der Waals surface area contributed by atoms with Gasteiger partial charge in [0.05, 0.1) is 12.0 Å². The molecule has 2 amide bonds. The van der Waals surface area contributed by atoms with E-state index in [1.807, 2.05) is 30.3 Å². The summed E-state index contributed by atoms with van der Waals surface area (Å²) in [4.78, 5) is 26.7. The number of hydrogen-bond acceptors (Lipinski definition) is 4. The molecule has 1 heterocycles. The number of halogens is 3. The second kappa shape index (κ2) is 10.5. The molecule has 2 unspecified atom stereocenters. The van der Waals surface area contributed by atoms with Crippen molar-refractivity contribution in [2.75, 3.05) is 19.7 Å². The van der Waals surface area contributed by atoms with E-state index in [1.54, 1.807) is 4.90 Å². The van der Waals surface area contributed by atoms with Gasteiger partial charge in [-0.3, -0.25) is 9.59 Å². The van der Waals surface area contributed by atoms with Gasteiger partial charge < -0.3 is 20.1 Å². The molecule has 0 aromatic heterocycles. The third kappa shape index (κ3) is 6.46. The zero-order chi connectivity index (χ0) is 23.1. The van der Waals surface area contributed by atoms with Gasteiger partial charge in [0.15, 0.2) is 0 Å². The van der Waals surface area contributed by atoms with E-state index in [2.05, 4.69) is 5.32 Å². The number of likely N-dealkylation sites (tertiary alicyclic amines) is 1. The number of alkyl halides is 3. The van der Waals surface area contributed by atoms with Gasteiger partial charge in [0.25, 0.3) is 0 Å². The average Bonchev–Trinajstić information content (AvgIpc) is 3.27. The summed E-state index contributed by atoms with van der Waals surface area (Å²) < 4.78 is 43.5. The van der Waals surface area contributed by atoms with Gasteiger partial charge in [0, 0.05) is 13.1 Å². The summed E-state index contributed by atoms with van der Waals surface area (Å²) in [6, 6.07) is 13.0. The molecule has 172 valence electrons. The smallest absolute Gasteiger partial charge is 0.416 e. The maximum atomic E-state index is 12.8. The highest BCUT2D eigenvalue weighted by molar-refractivity contribution is 5.89. The molecule has 9 heteroatoms. The van der Waals surface area contributed by atoms with Crippen molar-refractivity contribution in [1.29, 1.82) is 0 Å². The van der Waals surface area contributed by atoms with E-state index >= 15 is 0 Å². The van der Waals surface area contributed by atoms with Crippen LogP contribution in [0.15, 0.2) is 54.6 Å². The molecule has 0 saturated carbocycles. The number of nitrogens with zero attached hydrogens (tertiary/aromatic N) is 1. The van der Waals surface area contributed by atoms with Gasteiger partial charge in [0.1, 0.15) is 24.5 Å². The van der Waals surface area contributed by atoms with Crippen molar-refractivity contribution in [2.45, 2.75) is 37.6 Å². The highest BCUT2D eigenvalue weighted by Crippen LogP contribution is 2.31. The SMILES string of the molecule is O=C(NCC(O)COc1cccc(C(F)(F)F)c1)C1CCCN1C(=O)Cc1ccccc1. The highest BCUT2D eigenvalue weighted by atomic mass is 19.4. The van der Waals surface area contributed by atoms with Crippen LogP contribution in [0.25, 0.3) is 0 Å². The van der Waals surface area contributed by atoms with Crippen LogP contribution in [-0.4, -0.2) is 53.7 Å². The second-order valence-electron chi connectivity index (χ2n) is 7.64. The fourth-order valence-corrected chi connectivity index (χ4v) is 3.56. The Bertz CT molecular complexity index is 921. The number of rotatable bonds is 8. The van der Waals surface area contributed by atoms with Gasteiger partial charge in [-0.2, -0.15) is 13.2 Å². The molecule has 2 aromatic rings. The summed E-state index contributed by atoms with van der Waals surface area (Å²) in [7, 11) is 0. The van der Waals surface area contributed by atoms with Crippen molar-refractivity contribution in [3.63, 3.8) is 0 Å². The number of carbonyl (C=O) groups excluding carboxylic acids is 2. The number of amides is 2. The lowest BCUT2D eigenvalue weighted by Crippen LogP contribution is -2.48. The lowest BCUT2D eigenvalue weighted by atomic mass is 10.1. The summed E-state index contributed by atoms with van der Waals surface area (Å²) in [5.74, 6) is -0.539. The van der Waals surface area contributed by atoms with Gasteiger partial charge in [-0.1, -0.05) is 36.4 Å². The van der Waals surface area contributed by atoms with Gasteiger partial charge >= 0.3 is 6.18 Å². The molecule has 2 aromatic carbocycles. The first-order valence-electron chi connectivity index (χ1n) is 10.3. The monoisotopic (exact) mass is 450 g/mol. The van der Waals surface area contributed by atoms with Crippen LogP contribution in [0.3, 0.4) is 0 Å². The van der Waals surface area contributed by atoms with Gasteiger partial charge in [-0.25, -0.2) is 0 Å². The highest BCUT2D eigenvalue weighted by Gasteiger charge is 2.34. The summed E-state index contributed by atoms with van der Waals surface area (Å²) in [6.45, 7) is 0.0584. The van der Waals surface area contributed by atoms with Crippen LogP contribution in [0.5, 0.6) is 5.75 Å². The van der Waals surface area contributed by atoms with Gasteiger partial charge in [0.2, 0.25) is 11.8 Å². The predicted octanol–water partition coefficient (Wildman–Crippen LogP) is 2.80. The van der Waals surface area contributed by atoms with Crippen molar-refractivity contribution in [3.8, 4) is 5.75 Å². The maximum Gasteiger partial charge on any atom is 0.416 e. The van der Waals surface area contributed by atoms with E-state index in [0.717, 1.165) is 17.7 Å². The lowest BCUT2D eigenvalue weighted by molar-refractivity contribution is -0.138. The van der Waals surface area contributed by atoms with E-state index in [4.69, 9.17) is 4.74 Å². The Balaban J connectivity index is 1.46. The third-order valence-corrected chi connectivity index (χ3v) is 5.19. The largest absolute Gasteiger partial charge is 0.491 e. The molecule has 1 aliphatic rings. The van der Waals surface area contributed by atoms with E-state index < -0.39 is 23.9 Å². The molecule has 6 nitrogen and oxygen atoms in total. The van der Waals surface area contributed by atoms with Gasteiger partial charge in [-0.15, -0.1) is 0 Å². The molecule has 1 aliphatic heterocycles. The Kier molecular flexibility index (Phi) is 7.74. The van der Waals surface area contributed by atoms with Gasteiger partial charge in [-0.05, 0) is 36.6 Å². The zero-order valence-corrected chi connectivity index (χ0v) is 17.3. The van der Waals surface area contributed by atoms with Crippen LogP contribution in [0.4, 0.5) is 13.2 Å². The number of carbonyl (C=O) groups is 2. The normalized spacial score (nSPS) is 17.1. The molecule has 2 N–H and O–H groups in total. The molecule has 0 radical (unpaired) electrons. The first kappa shape index (κ1) is 23.6. The molecule has 3 rings (SSSR count). The van der Waals surface area contributed by atoms with E-state index in [9.17, 15) is 27.9 Å². The van der Waals surface area contributed by atoms with Crippen molar-refractivity contribution in [2.24, 2.45) is 0 Å². The molecule has 2 atom stereocenters. The predicted molar refractivity (Wildman–Crippen MR) is 111 cm³/mol. The number of nitrogens with one attached hydrogen (secondary N) is 1. The summed E-state index contributed by atoms with van der Waals surface area (Å²) in [6.07, 6.45) is -4.17. The van der Waals surface area contributed by atoms with E-state index in [0.29, 0.717) is 19.4 Å². The molecule has 1 saturated heterocycles. The third-order valence-electron chi connectivity index (χ3n) is 5.19. The Morgan fingerprint density at radius 3 is 2.62 bits per heavy atom. The Hall–Kier alpha value is -3.07. The molecule has 0 spiro atoms. The Labute approximate surface area is 184 Å². The van der Waals surface area contributed by atoms with Crippen molar-refractivity contribution in [3.05, 3.63) is 65.7 Å². The fourth-order valence-electron chi connectivity index (χ4n) is 3.56. The van der Waals surface area contributed by atoms with Crippen molar-refractivity contribution in [1.82, 2.24) is 10.2 Å². The number of benzene rings is 2. The molecule has 1 fully saturated rings. The Morgan fingerprint density at radius 2 is 1.91 bits per heavy atom. The number of aliphatic hydroxyl groups excluding tert-OH is 1. The minimum atomic E-state index is -4.49. The average molecular weight is 450 g/mol. The quantitative estimate of drug-likeness (QED) is 0.649. The number of aliphatic hydroxyl groups is 1. The zero-order valence-electron chi connectivity index (χ0n) is 17.3. The summed E-state index contributed by atoms with van der Waals surface area (Å²) >= 11 is 0. The molecular weight excluding hydrogens is 425 g/mol. The van der Waals surface area contributed by atoms with Crippen LogP contribution < -0.4 is 10.1 Å². The van der Waals surface area contributed by atoms with Crippen LogP contribution in [0, 0.1) is 0 Å². The number of ether oxygens (including phenoxy) is 1. The topological polar surface area (TPSA) is 78.9 Å². The van der Waals surface area contributed by atoms with E-state index in [-0.39, 0.29) is 37.1 Å². The molecule has 0 aliphatic carbocycles. The standard InChI is InChI=1S/C23H25F3N2O4/c24-23(25,26)17-8-4-9-19(13-17)32-15-18(29)14-27-22(31)20-10-5-11-28(20)21(30)12-16-6-2-1-3-7-16/h1-4,6-9,13,18,20,29H,5,10-12,14-15H2,(H,27,31). The first-order chi connectivity index (χ1) is 15.2.